The SMILES string of the molecule is COc1ccc([C@H]2C3=C(CCCC3=O)Oc3ncn4nc(-c5cccnc5)nc4c32)cc1OC. The van der Waals surface area contributed by atoms with Crippen molar-refractivity contribution in [3.05, 3.63) is 71.5 Å². The Hall–Kier alpha value is -4.27. The number of rotatable bonds is 4. The summed E-state index contributed by atoms with van der Waals surface area (Å²) in [5, 5.41) is 4.61. The molecule has 34 heavy (non-hydrogen) atoms. The molecule has 0 bridgehead atoms. The van der Waals surface area contributed by atoms with Gasteiger partial charge in [-0.15, -0.1) is 5.10 Å². The molecule has 9 heteroatoms. The monoisotopic (exact) mass is 455 g/mol. The zero-order chi connectivity index (χ0) is 23.2. The average Bonchev–Trinajstić information content (AvgIpc) is 3.32. The first-order valence-corrected chi connectivity index (χ1v) is 11.0. The predicted octanol–water partition coefficient (Wildman–Crippen LogP) is 3.73. The van der Waals surface area contributed by atoms with E-state index in [2.05, 4.69) is 15.1 Å². The first kappa shape index (κ1) is 20.3. The highest BCUT2D eigenvalue weighted by atomic mass is 16.5. The number of aromatic nitrogens is 5. The number of carbonyl (C=O) groups excluding carboxylic acids is 1. The number of methoxy groups -OCH3 is 2. The number of hydrogen-bond acceptors (Lipinski definition) is 8. The molecule has 1 atom stereocenters. The molecule has 6 rings (SSSR count). The number of allylic oxidation sites excluding steroid dienone is 2. The molecule has 0 amide bonds. The van der Waals surface area contributed by atoms with E-state index < -0.39 is 5.92 Å². The third-order valence-electron chi connectivity index (χ3n) is 6.25. The van der Waals surface area contributed by atoms with Crippen LogP contribution >= 0.6 is 0 Å². The van der Waals surface area contributed by atoms with Crippen molar-refractivity contribution < 1.29 is 19.0 Å². The van der Waals surface area contributed by atoms with Gasteiger partial charge in [0.15, 0.2) is 28.8 Å². The van der Waals surface area contributed by atoms with Crippen LogP contribution in [0.15, 0.2) is 60.4 Å². The first-order chi connectivity index (χ1) is 16.7. The summed E-state index contributed by atoms with van der Waals surface area (Å²) in [6.07, 6.45) is 6.91. The molecule has 170 valence electrons. The second kappa shape index (κ2) is 7.95. The minimum atomic E-state index is -0.423. The number of ether oxygens (including phenoxy) is 3. The molecule has 0 N–H and O–H groups in total. The highest BCUT2D eigenvalue weighted by Gasteiger charge is 2.40. The van der Waals surface area contributed by atoms with Gasteiger partial charge in [0.2, 0.25) is 5.88 Å². The van der Waals surface area contributed by atoms with Crippen LogP contribution < -0.4 is 14.2 Å². The summed E-state index contributed by atoms with van der Waals surface area (Å²) in [4.78, 5) is 26.7. The van der Waals surface area contributed by atoms with E-state index in [-0.39, 0.29) is 5.78 Å². The van der Waals surface area contributed by atoms with Crippen LogP contribution in [0.1, 0.15) is 36.3 Å². The first-order valence-electron chi connectivity index (χ1n) is 11.0. The van der Waals surface area contributed by atoms with E-state index in [1.165, 1.54) is 0 Å². The summed E-state index contributed by atoms with van der Waals surface area (Å²) >= 11 is 0. The molecule has 9 nitrogen and oxygen atoms in total. The van der Waals surface area contributed by atoms with Crippen molar-refractivity contribution in [1.29, 1.82) is 0 Å². The molecule has 2 aliphatic rings. The largest absolute Gasteiger partial charge is 0.493 e. The Labute approximate surface area is 195 Å². The Kier molecular flexibility index (Phi) is 4.75. The van der Waals surface area contributed by atoms with Gasteiger partial charge < -0.3 is 14.2 Å². The maximum absolute atomic E-state index is 13.2. The molecule has 1 aliphatic carbocycles. The fraction of sp³-hybridized carbons (Fsp3) is 0.240. The highest BCUT2D eigenvalue weighted by molar-refractivity contribution is 6.00. The van der Waals surface area contributed by atoms with Crippen LogP contribution in [0, 0.1) is 0 Å². The molecular formula is C25H21N5O4. The van der Waals surface area contributed by atoms with Crippen LogP contribution in [-0.4, -0.2) is 44.6 Å². The lowest BCUT2D eigenvalue weighted by Gasteiger charge is -2.32. The molecule has 0 unspecified atom stereocenters. The molecule has 3 aromatic heterocycles. The van der Waals surface area contributed by atoms with Crippen molar-refractivity contribution in [2.75, 3.05) is 14.2 Å². The number of ketones is 1. The van der Waals surface area contributed by atoms with Crippen molar-refractivity contribution >= 4 is 11.4 Å². The highest BCUT2D eigenvalue weighted by Crippen LogP contribution is 2.48. The van der Waals surface area contributed by atoms with Gasteiger partial charge in [0.1, 0.15) is 12.1 Å². The van der Waals surface area contributed by atoms with Gasteiger partial charge in [-0.05, 0) is 36.2 Å². The van der Waals surface area contributed by atoms with Gasteiger partial charge in [-0.1, -0.05) is 6.07 Å². The minimum absolute atomic E-state index is 0.0701. The summed E-state index contributed by atoms with van der Waals surface area (Å²) < 4.78 is 18.8. The van der Waals surface area contributed by atoms with E-state index in [0.29, 0.717) is 58.6 Å². The van der Waals surface area contributed by atoms with Crippen molar-refractivity contribution in [2.45, 2.75) is 25.2 Å². The Morgan fingerprint density at radius 3 is 2.79 bits per heavy atom. The second-order valence-corrected chi connectivity index (χ2v) is 8.17. The number of pyridine rings is 1. The molecule has 0 fully saturated rings. The number of Topliss-reactive ketones (excluding diaryl/α,β-unsaturated/α-hetero) is 1. The minimum Gasteiger partial charge on any atom is -0.493 e. The third-order valence-corrected chi connectivity index (χ3v) is 6.25. The van der Waals surface area contributed by atoms with Gasteiger partial charge in [0.05, 0.1) is 25.7 Å². The number of fused-ring (bicyclic) bond motifs is 3. The molecule has 4 heterocycles. The Balaban J connectivity index is 1.61. The maximum Gasteiger partial charge on any atom is 0.228 e. The van der Waals surface area contributed by atoms with Gasteiger partial charge in [-0.3, -0.25) is 9.78 Å². The third kappa shape index (κ3) is 3.12. The van der Waals surface area contributed by atoms with E-state index in [1.54, 1.807) is 37.5 Å². The maximum atomic E-state index is 13.2. The van der Waals surface area contributed by atoms with E-state index in [9.17, 15) is 4.79 Å². The number of carbonyl (C=O) groups is 1. The Morgan fingerprint density at radius 1 is 1.12 bits per heavy atom. The average molecular weight is 455 g/mol. The standard InChI is InChI=1S/C25H21N5O4/c1-32-17-9-8-14(11-19(17)33-2)20-21-16(31)6-3-7-18(21)34-25-22(20)24-28-23(29-30(24)13-27-25)15-5-4-10-26-12-15/h4-5,8-13,20H,3,6-7H2,1-2H3/t20-/m0/s1. The lowest BCUT2D eigenvalue weighted by molar-refractivity contribution is -0.116. The van der Waals surface area contributed by atoms with Gasteiger partial charge in [-0.2, -0.15) is 0 Å². The summed E-state index contributed by atoms with van der Waals surface area (Å²) in [5.41, 5.74) is 3.57. The fourth-order valence-electron chi connectivity index (χ4n) is 4.70. The van der Waals surface area contributed by atoms with Crippen molar-refractivity contribution in [3.8, 4) is 28.8 Å². The van der Waals surface area contributed by atoms with E-state index in [4.69, 9.17) is 19.2 Å². The van der Waals surface area contributed by atoms with Crippen molar-refractivity contribution in [3.63, 3.8) is 0 Å². The molecule has 0 saturated carbocycles. The van der Waals surface area contributed by atoms with Crippen LogP contribution in [0.3, 0.4) is 0 Å². The van der Waals surface area contributed by atoms with Gasteiger partial charge in [-0.25, -0.2) is 14.5 Å². The van der Waals surface area contributed by atoms with Crippen LogP contribution in [0.2, 0.25) is 0 Å². The van der Waals surface area contributed by atoms with Gasteiger partial charge >= 0.3 is 0 Å². The molecule has 0 saturated heterocycles. The second-order valence-electron chi connectivity index (χ2n) is 8.17. The molecular weight excluding hydrogens is 434 g/mol. The molecule has 1 aromatic carbocycles. The zero-order valence-electron chi connectivity index (χ0n) is 18.7. The molecule has 0 radical (unpaired) electrons. The summed E-state index contributed by atoms with van der Waals surface area (Å²) in [6, 6.07) is 9.41. The van der Waals surface area contributed by atoms with Gasteiger partial charge in [0, 0.05) is 36.4 Å². The lowest BCUT2D eigenvalue weighted by Crippen LogP contribution is -2.26. The summed E-state index contributed by atoms with van der Waals surface area (Å²) in [6.45, 7) is 0. The van der Waals surface area contributed by atoms with Crippen molar-refractivity contribution in [1.82, 2.24) is 24.6 Å². The Morgan fingerprint density at radius 2 is 2.00 bits per heavy atom. The van der Waals surface area contributed by atoms with Crippen LogP contribution in [0.25, 0.3) is 17.0 Å². The van der Waals surface area contributed by atoms with E-state index >= 15 is 0 Å². The van der Waals surface area contributed by atoms with Crippen molar-refractivity contribution in [2.24, 2.45) is 0 Å². The van der Waals surface area contributed by atoms with Crippen LogP contribution in [-0.2, 0) is 4.79 Å². The smallest absolute Gasteiger partial charge is 0.228 e. The molecule has 1 aliphatic heterocycles. The van der Waals surface area contributed by atoms with Crippen LogP contribution in [0.4, 0.5) is 0 Å². The normalized spacial score (nSPS) is 17.2. The van der Waals surface area contributed by atoms with Gasteiger partial charge in [0.25, 0.3) is 0 Å². The fourth-order valence-corrected chi connectivity index (χ4v) is 4.70. The van der Waals surface area contributed by atoms with Crippen LogP contribution in [0.5, 0.6) is 17.4 Å². The summed E-state index contributed by atoms with van der Waals surface area (Å²) in [7, 11) is 3.19. The number of benzene rings is 1. The van der Waals surface area contributed by atoms with E-state index in [1.807, 2.05) is 30.3 Å². The number of hydrogen-bond donors (Lipinski definition) is 0. The van der Waals surface area contributed by atoms with E-state index in [0.717, 1.165) is 17.5 Å². The lowest BCUT2D eigenvalue weighted by atomic mass is 9.78. The molecule has 0 spiro atoms. The quantitative estimate of drug-likeness (QED) is 0.459. The topological polar surface area (TPSA) is 101 Å². The summed E-state index contributed by atoms with van der Waals surface area (Å²) in [5.74, 6) is 2.47. The zero-order valence-corrected chi connectivity index (χ0v) is 18.7. The molecule has 4 aromatic rings. The predicted molar refractivity (Wildman–Crippen MR) is 122 cm³/mol. The number of nitrogens with zero attached hydrogens (tertiary/aromatic N) is 5. The Bertz CT molecular complexity index is 1460.